The molecule has 0 aliphatic carbocycles. The topological polar surface area (TPSA) is 251 Å². The van der Waals surface area contributed by atoms with Crippen LogP contribution in [-0.2, 0) is 72.7 Å². The van der Waals surface area contributed by atoms with Crippen LogP contribution in [0.15, 0.2) is 158 Å². The number of nitrogens with zero attached hydrogens (tertiary/aromatic N) is 3. The van der Waals surface area contributed by atoms with Crippen molar-refractivity contribution in [2.75, 3.05) is 33.2 Å². The van der Waals surface area contributed by atoms with Crippen LogP contribution in [0.3, 0.4) is 0 Å². The lowest BCUT2D eigenvalue weighted by Crippen LogP contribution is -2.17. The molecular formula is C67H75BrN3O14P3Si. The normalized spacial score (nSPS) is 13.1. The van der Waals surface area contributed by atoms with Crippen LogP contribution in [0.4, 0.5) is 0 Å². The number of ether oxygens (including phenoxy) is 1. The summed E-state index contributed by atoms with van der Waals surface area (Å²) in [7, 11) is -5.00. The number of aromatic nitrogens is 3. The number of fused-ring (bicyclic) bond motifs is 5. The molecule has 0 spiro atoms. The predicted octanol–water partition coefficient (Wildman–Crippen LogP) is 15.6. The monoisotopic (exact) mass is 1350 g/mol. The van der Waals surface area contributed by atoms with Crippen molar-refractivity contribution in [1.29, 1.82) is 0 Å². The average Bonchev–Trinajstić information content (AvgIpc) is 1.76. The third-order valence-corrected chi connectivity index (χ3v) is 19.1. The van der Waals surface area contributed by atoms with Gasteiger partial charge in [0.1, 0.15) is 18.0 Å². The Hall–Kier alpha value is -7.30. The van der Waals surface area contributed by atoms with E-state index >= 15 is 0 Å². The molecule has 0 saturated carbocycles. The van der Waals surface area contributed by atoms with E-state index in [1.54, 1.807) is 69.3 Å². The molecule has 3 unspecified atom stereocenters. The molecule has 10 rings (SSSR count). The first-order valence-corrected chi connectivity index (χ1v) is 40.9. The number of carbonyl (C=O) groups is 5. The SMILES string of the molecule is CCOC(=O)c1ccc2c(c1)c(CP(C)(C)=O)cn2C.CCOP(C)(=O)C(C(=O)Cc1ccc2ccccc2c1)c1cn(C)c2ccc(C(=O)O)cc12.C[Si](C)(C)Br.Cn1cc(C(C(=O)Cc2ccc3ccccc3c2)P(=O)(O)O)c2cc(C(=O)O)ccc21. The Morgan fingerprint density at radius 2 is 0.921 bits per heavy atom. The highest BCUT2D eigenvalue weighted by Gasteiger charge is 2.40. The quantitative estimate of drug-likeness (QED) is 0.0270. The zero-order valence-corrected chi connectivity index (χ0v) is 56.9. The molecule has 7 aromatic carbocycles. The molecule has 89 heavy (non-hydrogen) atoms. The first-order valence-electron chi connectivity index (χ1n) is 28.6. The molecule has 0 aliphatic rings. The van der Waals surface area contributed by atoms with Gasteiger partial charge in [-0.05, 0) is 126 Å². The van der Waals surface area contributed by atoms with E-state index in [0.29, 0.717) is 45.7 Å². The van der Waals surface area contributed by atoms with Crippen LogP contribution in [-0.4, -0.2) is 103 Å². The van der Waals surface area contributed by atoms with Gasteiger partial charge in [0.2, 0.25) is 7.37 Å². The van der Waals surface area contributed by atoms with Crippen LogP contribution in [0.1, 0.15) is 84.1 Å². The second-order valence-corrected chi connectivity index (χ2v) is 42.4. The second-order valence-electron chi connectivity index (χ2n) is 23.4. The summed E-state index contributed by atoms with van der Waals surface area (Å²) in [4.78, 5) is 81.7. The van der Waals surface area contributed by atoms with E-state index in [4.69, 9.17) is 9.26 Å². The Labute approximate surface area is 526 Å². The Morgan fingerprint density at radius 3 is 1.34 bits per heavy atom. The number of aryl methyl sites for hydroxylation is 3. The first-order chi connectivity index (χ1) is 41.7. The minimum absolute atomic E-state index is 0.0219. The summed E-state index contributed by atoms with van der Waals surface area (Å²) >= 11 is 3.51. The zero-order valence-electron chi connectivity index (χ0n) is 51.6. The number of carboxylic acid groups (broad SMARTS) is 2. The second kappa shape index (κ2) is 28.7. The maximum absolute atomic E-state index is 13.7. The Kier molecular flexibility index (Phi) is 22.3. The van der Waals surface area contributed by atoms with E-state index in [1.807, 2.05) is 120 Å². The van der Waals surface area contributed by atoms with Gasteiger partial charge in [0.05, 0.1) is 37.0 Å². The number of rotatable bonds is 18. The van der Waals surface area contributed by atoms with E-state index in [2.05, 4.69) is 34.9 Å². The van der Waals surface area contributed by atoms with Crippen LogP contribution < -0.4 is 0 Å². The van der Waals surface area contributed by atoms with Crippen LogP contribution >= 0.6 is 37.4 Å². The lowest BCUT2D eigenvalue weighted by Gasteiger charge is -2.23. The summed E-state index contributed by atoms with van der Waals surface area (Å²) in [5.41, 5.74) is 3.44. The highest BCUT2D eigenvalue weighted by atomic mass is 79.9. The van der Waals surface area contributed by atoms with Crippen LogP contribution in [0, 0.1) is 0 Å². The first kappa shape index (κ1) is 69.2. The smallest absolute Gasteiger partial charge is 0.340 e. The molecule has 0 bridgehead atoms. The number of aromatic carboxylic acids is 2. The maximum Gasteiger partial charge on any atom is 0.340 e. The van der Waals surface area contributed by atoms with Crippen molar-refractivity contribution in [2.45, 2.75) is 63.8 Å². The Bertz CT molecular complexity index is 4470. The average molecular weight is 1350 g/mol. The third-order valence-electron chi connectivity index (χ3n) is 14.4. The molecule has 22 heteroatoms. The zero-order chi connectivity index (χ0) is 65.5. The van der Waals surface area contributed by atoms with Crippen molar-refractivity contribution >= 4 is 128 Å². The fourth-order valence-corrected chi connectivity index (χ4v) is 14.8. The molecule has 0 fully saturated rings. The molecular weight excluding hydrogens is 1270 g/mol. The van der Waals surface area contributed by atoms with Crippen LogP contribution in [0.25, 0.3) is 54.3 Å². The lowest BCUT2D eigenvalue weighted by molar-refractivity contribution is -0.119. The van der Waals surface area contributed by atoms with Crippen molar-refractivity contribution in [3.63, 3.8) is 0 Å². The fraction of sp³-hybridized carbons (Fsp3) is 0.269. The molecule has 0 aliphatic heterocycles. The van der Waals surface area contributed by atoms with Gasteiger partial charge in [0, 0.05) is 104 Å². The van der Waals surface area contributed by atoms with Gasteiger partial charge in [-0.1, -0.05) is 105 Å². The number of Topliss-reactive ketones (excluding diaryl/α,β-unsaturated/α-hetero) is 2. The van der Waals surface area contributed by atoms with Crippen LogP contribution in [0.5, 0.6) is 0 Å². The molecule has 468 valence electrons. The molecule has 3 atom stereocenters. The molecule has 0 radical (unpaired) electrons. The molecule has 0 saturated heterocycles. The summed E-state index contributed by atoms with van der Waals surface area (Å²) in [6, 6.07) is 41.4. The highest BCUT2D eigenvalue weighted by molar-refractivity contribution is 9.26. The fourth-order valence-electron chi connectivity index (χ4n) is 10.8. The van der Waals surface area contributed by atoms with Crippen molar-refractivity contribution in [2.24, 2.45) is 21.1 Å². The summed E-state index contributed by atoms with van der Waals surface area (Å²) in [6.45, 7) is 15.1. The summed E-state index contributed by atoms with van der Waals surface area (Å²) in [5, 5.41) is 24.7. The van der Waals surface area contributed by atoms with Crippen molar-refractivity contribution < 1.29 is 66.9 Å². The number of halogens is 1. The molecule has 4 N–H and O–H groups in total. The Balaban J connectivity index is 0.000000188. The van der Waals surface area contributed by atoms with Gasteiger partial charge < -0.3 is 47.5 Å². The van der Waals surface area contributed by atoms with Gasteiger partial charge >= 0.3 is 25.5 Å². The van der Waals surface area contributed by atoms with Gasteiger partial charge in [-0.15, -0.1) is 15.3 Å². The molecule has 3 aromatic heterocycles. The molecule has 3 heterocycles. The van der Waals surface area contributed by atoms with Crippen molar-refractivity contribution in [3.8, 4) is 0 Å². The van der Waals surface area contributed by atoms with Gasteiger partial charge in [0.15, 0.2) is 11.6 Å². The number of hydrogen-bond donors (Lipinski definition) is 4. The van der Waals surface area contributed by atoms with E-state index in [0.717, 1.165) is 49.1 Å². The van der Waals surface area contributed by atoms with Gasteiger partial charge in [-0.25, -0.2) is 14.4 Å². The summed E-state index contributed by atoms with van der Waals surface area (Å²) < 4.78 is 54.2. The number of carbonyl (C=O) groups excluding carboxylic acids is 3. The third kappa shape index (κ3) is 17.8. The van der Waals surface area contributed by atoms with Crippen molar-refractivity contribution in [1.82, 2.24) is 13.7 Å². The van der Waals surface area contributed by atoms with Gasteiger partial charge in [-0.3, -0.25) is 18.7 Å². The Morgan fingerprint density at radius 1 is 0.528 bits per heavy atom. The summed E-state index contributed by atoms with van der Waals surface area (Å²) in [5.74, 6) is -3.39. The summed E-state index contributed by atoms with van der Waals surface area (Å²) in [6.07, 6.45) is 5.70. The standard InChI is InChI=1S/C26H26NO5P.C23H20NO6P.C15H20NO3P.C3H9BrSi/c1-4-32-33(3,31)25(22-16-27(2)23-12-11-20(26(29)30)15-21(22)23)24(28)14-17-9-10-18-7-5-6-8-19(18)13-17;1-24-13-19(18-12-17(23(26)27)8-9-20(18)24)22(31(28,29)30)21(25)11-14-6-7-15-4-2-3-5-16(15)10-14;1-5-19-15(17)11-6-7-14-13(8-11)12(9-16(14)2)10-20(3,4)18;1-5(2,3)4/h5-13,15-16,25H,4,14H2,1-3H3,(H,29,30);2-10,12-13,22H,11H2,1H3,(H,26,27)(H2,28,29,30);6-9H,5,10H2,1-4H3;1-3H3. The number of hydrogen-bond acceptors (Lipinski definition) is 10. The molecule has 10 aromatic rings. The number of carboxylic acids is 2. The van der Waals surface area contributed by atoms with Gasteiger partial charge in [-0.2, -0.15) is 0 Å². The largest absolute Gasteiger partial charge is 0.478 e. The number of esters is 1. The number of ketones is 2. The minimum Gasteiger partial charge on any atom is -0.478 e. The molecule has 0 amide bonds. The van der Waals surface area contributed by atoms with E-state index in [1.165, 1.54) is 37.1 Å². The van der Waals surface area contributed by atoms with Crippen LogP contribution in [0.2, 0.25) is 19.6 Å². The minimum atomic E-state index is -4.88. The van der Waals surface area contributed by atoms with E-state index < -0.39 is 57.8 Å². The predicted molar refractivity (Wildman–Crippen MR) is 362 cm³/mol. The maximum atomic E-state index is 13.7. The number of benzene rings is 7. The highest BCUT2D eigenvalue weighted by Crippen LogP contribution is 2.59. The lowest BCUT2D eigenvalue weighted by atomic mass is 9.99. The van der Waals surface area contributed by atoms with Gasteiger partial charge in [0.25, 0.3) is 0 Å². The van der Waals surface area contributed by atoms with Crippen molar-refractivity contribution in [3.05, 3.63) is 203 Å². The van der Waals surface area contributed by atoms with E-state index in [9.17, 15) is 57.7 Å². The van der Waals surface area contributed by atoms with E-state index in [-0.39, 0.29) is 47.9 Å². The molecule has 17 nitrogen and oxygen atoms in total.